The van der Waals surface area contributed by atoms with Crippen LogP contribution < -0.4 is 15.4 Å². The van der Waals surface area contributed by atoms with Gasteiger partial charge in [0, 0.05) is 17.1 Å². The summed E-state index contributed by atoms with van der Waals surface area (Å²) < 4.78 is 6.36. The van der Waals surface area contributed by atoms with Gasteiger partial charge in [0.15, 0.2) is 5.75 Å². The smallest absolute Gasteiger partial charge is 0.229 e. The molecule has 1 aromatic rings. The van der Waals surface area contributed by atoms with Crippen LogP contribution in [0.1, 0.15) is 26.2 Å². The molecule has 3 atom stereocenters. The molecule has 3 rings (SSSR count). The van der Waals surface area contributed by atoms with Crippen molar-refractivity contribution in [2.24, 2.45) is 5.92 Å². The molecule has 0 spiro atoms. The Balaban J connectivity index is 1.79. The van der Waals surface area contributed by atoms with Gasteiger partial charge in [0.25, 0.3) is 0 Å². The van der Waals surface area contributed by atoms with Gasteiger partial charge in [0.2, 0.25) is 5.91 Å². The third kappa shape index (κ3) is 3.05. The third-order valence-electron chi connectivity index (χ3n) is 4.19. The number of nitrogens with one attached hydrogen (secondary N) is 2. The van der Waals surface area contributed by atoms with E-state index in [1.165, 1.54) is 6.42 Å². The Morgan fingerprint density at radius 2 is 2.33 bits per heavy atom. The van der Waals surface area contributed by atoms with E-state index in [0.29, 0.717) is 35.2 Å². The molecule has 3 unspecified atom stereocenters. The lowest BCUT2D eigenvalue weighted by Crippen LogP contribution is -2.33. The second-order valence-electron chi connectivity index (χ2n) is 5.58. The molecule has 4 nitrogen and oxygen atoms in total. The first kappa shape index (κ1) is 15.1. The van der Waals surface area contributed by atoms with E-state index in [1.807, 2.05) is 6.92 Å². The van der Waals surface area contributed by atoms with Gasteiger partial charge in [0.05, 0.1) is 22.7 Å². The molecular weight excluding hydrogens is 356 g/mol. The molecule has 2 heterocycles. The summed E-state index contributed by atoms with van der Waals surface area (Å²) in [5.41, 5.74) is 0.629. The predicted molar refractivity (Wildman–Crippen MR) is 87.0 cm³/mol. The molecule has 2 aliphatic rings. The van der Waals surface area contributed by atoms with Crippen LogP contribution in [0, 0.1) is 5.92 Å². The minimum atomic E-state index is 0.0379. The molecule has 6 heteroatoms. The highest BCUT2D eigenvalue weighted by Crippen LogP contribution is 2.38. The highest BCUT2D eigenvalue weighted by molar-refractivity contribution is 9.10. The Labute approximate surface area is 137 Å². The molecule has 2 fully saturated rings. The van der Waals surface area contributed by atoms with Crippen molar-refractivity contribution in [3.8, 4) is 5.75 Å². The minimum Gasteiger partial charge on any atom is -0.491 e. The zero-order chi connectivity index (χ0) is 15.0. The number of rotatable bonds is 4. The maximum atomic E-state index is 12.5. The molecule has 1 aromatic carbocycles. The number of halogens is 2. The maximum absolute atomic E-state index is 12.5. The Bertz CT molecular complexity index is 567. The summed E-state index contributed by atoms with van der Waals surface area (Å²) in [6.45, 7) is 2.44. The SMILES string of the molecule is CCOc1c(Br)cc(Cl)cc1NC(=O)C1CC2CCC1N2. The second-order valence-corrected chi connectivity index (χ2v) is 6.87. The van der Waals surface area contributed by atoms with Crippen LogP contribution in [0.5, 0.6) is 5.75 Å². The summed E-state index contributed by atoms with van der Waals surface area (Å²) in [4.78, 5) is 12.5. The first-order valence-electron chi connectivity index (χ1n) is 7.27. The van der Waals surface area contributed by atoms with E-state index in [4.69, 9.17) is 16.3 Å². The number of amides is 1. The summed E-state index contributed by atoms with van der Waals surface area (Å²) in [5, 5.41) is 7.03. The van der Waals surface area contributed by atoms with E-state index < -0.39 is 0 Å². The van der Waals surface area contributed by atoms with Crippen LogP contribution in [-0.2, 0) is 4.79 Å². The van der Waals surface area contributed by atoms with Crippen LogP contribution in [0.15, 0.2) is 16.6 Å². The van der Waals surface area contributed by atoms with Crippen molar-refractivity contribution >= 4 is 39.1 Å². The molecule has 21 heavy (non-hydrogen) atoms. The summed E-state index contributed by atoms with van der Waals surface area (Å²) in [6, 6.07) is 4.31. The van der Waals surface area contributed by atoms with Crippen molar-refractivity contribution in [1.82, 2.24) is 5.32 Å². The molecule has 0 aromatic heterocycles. The molecule has 2 N–H and O–H groups in total. The topological polar surface area (TPSA) is 50.4 Å². The number of carbonyl (C=O) groups is 1. The Morgan fingerprint density at radius 1 is 1.52 bits per heavy atom. The number of carbonyl (C=O) groups excluding carboxylic acids is 1. The monoisotopic (exact) mass is 372 g/mol. The fraction of sp³-hybridized carbons (Fsp3) is 0.533. The predicted octanol–water partition coefficient (Wildman–Crippen LogP) is 3.58. The van der Waals surface area contributed by atoms with Crippen LogP contribution >= 0.6 is 27.5 Å². The number of hydrogen-bond acceptors (Lipinski definition) is 3. The van der Waals surface area contributed by atoms with E-state index in [-0.39, 0.29) is 11.8 Å². The molecule has 1 amide bonds. The minimum absolute atomic E-state index is 0.0379. The lowest BCUT2D eigenvalue weighted by atomic mass is 9.88. The Kier molecular flexibility index (Phi) is 4.43. The van der Waals surface area contributed by atoms with Crippen molar-refractivity contribution in [2.75, 3.05) is 11.9 Å². The Morgan fingerprint density at radius 3 is 2.95 bits per heavy atom. The molecule has 0 radical (unpaired) electrons. The molecule has 0 saturated carbocycles. The van der Waals surface area contributed by atoms with Crippen LogP contribution in [0.2, 0.25) is 5.02 Å². The van der Waals surface area contributed by atoms with E-state index in [2.05, 4.69) is 26.6 Å². The quantitative estimate of drug-likeness (QED) is 0.848. The number of ether oxygens (including phenoxy) is 1. The van der Waals surface area contributed by atoms with E-state index in [9.17, 15) is 4.79 Å². The normalized spacial score (nSPS) is 26.9. The third-order valence-corrected chi connectivity index (χ3v) is 5.00. The van der Waals surface area contributed by atoms with Gasteiger partial charge in [-0.05, 0) is 54.2 Å². The number of fused-ring (bicyclic) bond motifs is 2. The molecule has 2 aliphatic heterocycles. The van der Waals surface area contributed by atoms with Gasteiger partial charge in [-0.1, -0.05) is 11.6 Å². The van der Waals surface area contributed by atoms with Gasteiger partial charge < -0.3 is 15.4 Å². The van der Waals surface area contributed by atoms with Crippen LogP contribution in [0.3, 0.4) is 0 Å². The molecule has 114 valence electrons. The summed E-state index contributed by atoms with van der Waals surface area (Å²) in [6.07, 6.45) is 3.18. The molecule has 2 saturated heterocycles. The average Bonchev–Trinajstić information content (AvgIpc) is 3.05. The van der Waals surface area contributed by atoms with Gasteiger partial charge in [-0.2, -0.15) is 0 Å². The lowest BCUT2D eigenvalue weighted by Gasteiger charge is -2.21. The fourth-order valence-corrected chi connectivity index (χ4v) is 4.21. The Hall–Kier alpha value is -0.780. The van der Waals surface area contributed by atoms with E-state index >= 15 is 0 Å². The maximum Gasteiger partial charge on any atom is 0.229 e. The highest BCUT2D eigenvalue weighted by Gasteiger charge is 2.42. The van der Waals surface area contributed by atoms with E-state index in [1.54, 1.807) is 12.1 Å². The zero-order valence-corrected chi connectivity index (χ0v) is 14.1. The molecule has 0 aliphatic carbocycles. The van der Waals surface area contributed by atoms with Crippen LogP contribution in [-0.4, -0.2) is 24.6 Å². The average molecular weight is 374 g/mol. The van der Waals surface area contributed by atoms with Crippen LogP contribution in [0.4, 0.5) is 5.69 Å². The fourth-order valence-electron chi connectivity index (χ4n) is 3.28. The zero-order valence-electron chi connectivity index (χ0n) is 11.8. The van der Waals surface area contributed by atoms with Crippen molar-refractivity contribution < 1.29 is 9.53 Å². The van der Waals surface area contributed by atoms with Gasteiger partial charge in [-0.3, -0.25) is 4.79 Å². The van der Waals surface area contributed by atoms with Crippen molar-refractivity contribution in [3.05, 3.63) is 21.6 Å². The first-order chi connectivity index (χ1) is 10.1. The lowest BCUT2D eigenvalue weighted by molar-refractivity contribution is -0.120. The van der Waals surface area contributed by atoms with Gasteiger partial charge in [-0.25, -0.2) is 0 Å². The molecule has 2 bridgehead atoms. The van der Waals surface area contributed by atoms with Gasteiger partial charge in [-0.15, -0.1) is 0 Å². The van der Waals surface area contributed by atoms with Crippen LogP contribution in [0.25, 0.3) is 0 Å². The second kappa shape index (κ2) is 6.15. The molecular formula is C15H18BrClN2O2. The van der Waals surface area contributed by atoms with Gasteiger partial charge in [0.1, 0.15) is 0 Å². The van der Waals surface area contributed by atoms with Crippen molar-refractivity contribution in [1.29, 1.82) is 0 Å². The van der Waals surface area contributed by atoms with Crippen molar-refractivity contribution in [3.63, 3.8) is 0 Å². The number of benzene rings is 1. The number of hydrogen-bond donors (Lipinski definition) is 2. The van der Waals surface area contributed by atoms with E-state index in [0.717, 1.165) is 17.3 Å². The van der Waals surface area contributed by atoms with Crippen molar-refractivity contribution in [2.45, 2.75) is 38.3 Å². The summed E-state index contributed by atoms with van der Waals surface area (Å²) in [7, 11) is 0. The number of anilines is 1. The first-order valence-corrected chi connectivity index (χ1v) is 8.44. The highest BCUT2D eigenvalue weighted by atomic mass is 79.9. The van der Waals surface area contributed by atoms with Gasteiger partial charge >= 0.3 is 0 Å². The largest absolute Gasteiger partial charge is 0.491 e. The summed E-state index contributed by atoms with van der Waals surface area (Å²) in [5.74, 6) is 0.715. The summed E-state index contributed by atoms with van der Waals surface area (Å²) >= 11 is 9.51. The standard InChI is InChI=1S/C15H18BrClN2O2/c1-2-21-14-11(16)5-8(17)6-13(14)19-15(20)10-7-9-3-4-12(10)18-9/h5-6,9-10,12,18H,2-4,7H2,1H3,(H,19,20).